The molecule has 2 N–H and O–H groups in total. The summed E-state index contributed by atoms with van der Waals surface area (Å²) in [7, 11) is 0. The molecule has 0 spiro atoms. The number of nitrogens with two attached hydrogens (primary N) is 1. The number of fused-ring (bicyclic) bond motifs is 3. The number of thiazole rings is 1. The Kier molecular flexibility index (Phi) is 2.80. The van der Waals surface area contributed by atoms with Crippen LogP contribution < -0.4 is 5.73 Å². The molecule has 0 saturated heterocycles. The Labute approximate surface area is 126 Å². The molecule has 104 valence electrons. The molecule has 0 amide bonds. The molecule has 4 heteroatoms. The first-order valence-corrected chi connectivity index (χ1v) is 7.76. The molecule has 2 aromatic carbocycles. The smallest absolute Gasteiger partial charge is 0.195 e. The second kappa shape index (κ2) is 4.69. The number of aromatic nitrogens is 2. The van der Waals surface area contributed by atoms with Gasteiger partial charge in [0.15, 0.2) is 4.96 Å². The van der Waals surface area contributed by atoms with Gasteiger partial charge in [-0.1, -0.05) is 47.7 Å². The zero-order chi connectivity index (χ0) is 14.4. The molecule has 4 aromatic rings. The molecule has 0 bridgehead atoms. The van der Waals surface area contributed by atoms with Crippen LogP contribution in [0.4, 0.5) is 0 Å². The summed E-state index contributed by atoms with van der Waals surface area (Å²) in [5.74, 6) is 0. The number of hydrogen-bond donors (Lipinski definition) is 1. The zero-order valence-electron chi connectivity index (χ0n) is 11.7. The summed E-state index contributed by atoms with van der Waals surface area (Å²) in [6.07, 6.45) is 2.11. The van der Waals surface area contributed by atoms with Crippen LogP contribution in [-0.2, 0) is 0 Å². The molecule has 0 aliphatic rings. The van der Waals surface area contributed by atoms with Gasteiger partial charge in [0, 0.05) is 17.8 Å². The quantitative estimate of drug-likeness (QED) is 0.601. The maximum atomic E-state index is 5.89. The minimum Gasteiger partial charge on any atom is -0.324 e. The van der Waals surface area contributed by atoms with Crippen LogP contribution in [0.15, 0.2) is 54.7 Å². The van der Waals surface area contributed by atoms with Crippen molar-refractivity contribution >= 4 is 26.5 Å². The molecule has 0 aliphatic carbocycles. The number of hydrogen-bond acceptors (Lipinski definition) is 3. The predicted molar refractivity (Wildman–Crippen MR) is 88.6 cm³/mol. The van der Waals surface area contributed by atoms with E-state index in [-0.39, 0.29) is 6.04 Å². The van der Waals surface area contributed by atoms with Crippen molar-refractivity contribution in [2.24, 2.45) is 5.73 Å². The van der Waals surface area contributed by atoms with Gasteiger partial charge in [-0.2, -0.15) is 0 Å². The molecule has 0 saturated carbocycles. The molecular weight excluding hydrogens is 278 g/mol. The van der Waals surface area contributed by atoms with Gasteiger partial charge in [0.05, 0.1) is 15.9 Å². The van der Waals surface area contributed by atoms with Crippen molar-refractivity contribution in [1.82, 2.24) is 9.38 Å². The van der Waals surface area contributed by atoms with Gasteiger partial charge in [-0.3, -0.25) is 4.40 Å². The second-order valence-electron chi connectivity index (χ2n) is 5.26. The van der Waals surface area contributed by atoms with Gasteiger partial charge in [0.1, 0.15) is 0 Å². The van der Waals surface area contributed by atoms with Gasteiger partial charge in [-0.25, -0.2) is 4.98 Å². The molecular formula is C17H15N3S. The Morgan fingerprint density at radius 2 is 1.86 bits per heavy atom. The molecule has 0 fully saturated rings. The van der Waals surface area contributed by atoms with E-state index >= 15 is 0 Å². The molecule has 2 aromatic heterocycles. The van der Waals surface area contributed by atoms with Crippen molar-refractivity contribution in [3.63, 3.8) is 0 Å². The first kappa shape index (κ1) is 12.6. The lowest BCUT2D eigenvalue weighted by Crippen LogP contribution is -2.04. The maximum Gasteiger partial charge on any atom is 0.195 e. The van der Waals surface area contributed by atoms with Crippen LogP contribution in [-0.4, -0.2) is 9.38 Å². The van der Waals surface area contributed by atoms with Gasteiger partial charge < -0.3 is 5.73 Å². The van der Waals surface area contributed by atoms with Crippen molar-refractivity contribution in [3.05, 3.63) is 60.3 Å². The van der Waals surface area contributed by atoms with Crippen LogP contribution >= 0.6 is 11.3 Å². The number of imidazole rings is 1. The Morgan fingerprint density at radius 1 is 1.10 bits per heavy atom. The van der Waals surface area contributed by atoms with Crippen molar-refractivity contribution in [2.75, 3.05) is 0 Å². The monoisotopic (exact) mass is 293 g/mol. The Morgan fingerprint density at radius 3 is 2.62 bits per heavy atom. The summed E-state index contributed by atoms with van der Waals surface area (Å²) >= 11 is 1.72. The molecule has 4 rings (SSSR count). The lowest BCUT2D eigenvalue weighted by molar-refractivity contribution is 0.818. The normalized spacial score (nSPS) is 13.0. The average molecular weight is 293 g/mol. The third-order valence-electron chi connectivity index (χ3n) is 3.73. The molecule has 0 radical (unpaired) electrons. The second-order valence-corrected chi connectivity index (χ2v) is 6.27. The third-order valence-corrected chi connectivity index (χ3v) is 4.77. The van der Waals surface area contributed by atoms with E-state index in [4.69, 9.17) is 10.7 Å². The van der Waals surface area contributed by atoms with E-state index in [1.54, 1.807) is 11.3 Å². The highest BCUT2D eigenvalue weighted by molar-refractivity contribution is 7.23. The largest absolute Gasteiger partial charge is 0.324 e. The minimum atomic E-state index is 0.0634. The van der Waals surface area contributed by atoms with Gasteiger partial charge in [0.25, 0.3) is 0 Å². The topological polar surface area (TPSA) is 43.3 Å². The first-order chi connectivity index (χ1) is 10.2. The fraction of sp³-hybridized carbons (Fsp3) is 0.118. The fourth-order valence-corrected chi connectivity index (χ4v) is 3.55. The average Bonchev–Trinajstić information content (AvgIpc) is 3.05. The number of rotatable bonds is 2. The van der Waals surface area contributed by atoms with Crippen molar-refractivity contribution in [1.29, 1.82) is 0 Å². The molecule has 1 atom stereocenters. The van der Waals surface area contributed by atoms with E-state index in [1.165, 1.54) is 10.2 Å². The van der Waals surface area contributed by atoms with E-state index < -0.39 is 0 Å². The van der Waals surface area contributed by atoms with E-state index in [2.05, 4.69) is 59.1 Å². The van der Waals surface area contributed by atoms with Crippen LogP contribution in [0.5, 0.6) is 0 Å². The van der Waals surface area contributed by atoms with Crippen LogP contribution in [0.1, 0.15) is 18.5 Å². The lowest BCUT2D eigenvalue weighted by atomic mass is 10.1. The fourth-order valence-electron chi connectivity index (χ4n) is 2.55. The van der Waals surface area contributed by atoms with Gasteiger partial charge >= 0.3 is 0 Å². The highest BCUT2D eigenvalue weighted by Gasteiger charge is 2.10. The van der Waals surface area contributed by atoms with Crippen LogP contribution in [0.2, 0.25) is 0 Å². The van der Waals surface area contributed by atoms with Crippen LogP contribution in [0.25, 0.3) is 26.4 Å². The molecule has 2 heterocycles. The molecule has 0 aliphatic heterocycles. The van der Waals surface area contributed by atoms with E-state index in [1.807, 2.05) is 6.92 Å². The molecule has 1 unspecified atom stereocenters. The highest BCUT2D eigenvalue weighted by Crippen LogP contribution is 2.29. The van der Waals surface area contributed by atoms with Crippen molar-refractivity contribution in [2.45, 2.75) is 13.0 Å². The summed E-state index contributed by atoms with van der Waals surface area (Å²) in [5, 5.41) is 0. The summed E-state index contributed by atoms with van der Waals surface area (Å²) in [6.45, 7) is 1.99. The Hall–Kier alpha value is -2.17. The Balaban J connectivity index is 1.83. The van der Waals surface area contributed by atoms with Crippen molar-refractivity contribution in [3.8, 4) is 11.3 Å². The van der Waals surface area contributed by atoms with E-state index in [0.29, 0.717) is 0 Å². The van der Waals surface area contributed by atoms with Crippen LogP contribution in [0, 0.1) is 0 Å². The number of benzene rings is 2. The maximum absolute atomic E-state index is 5.89. The van der Waals surface area contributed by atoms with E-state index in [9.17, 15) is 0 Å². The molecule has 3 nitrogen and oxygen atoms in total. The number of nitrogens with zero attached hydrogens (tertiary/aromatic N) is 2. The zero-order valence-corrected chi connectivity index (χ0v) is 12.5. The van der Waals surface area contributed by atoms with Gasteiger partial charge in [-0.05, 0) is 24.6 Å². The summed E-state index contributed by atoms with van der Waals surface area (Å²) < 4.78 is 3.42. The minimum absolute atomic E-state index is 0.0634. The summed E-state index contributed by atoms with van der Waals surface area (Å²) in [4.78, 5) is 5.78. The Bertz CT molecular complexity index is 916. The van der Waals surface area contributed by atoms with Gasteiger partial charge in [0.2, 0.25) is 0 Å². The van der Waals surface area contributed by atoms with Crippen molar-refractivity contribution < 1.29 is 0 Å². The third kappa shape index (κ3) is 2.04. The van der Waals surface area contributed by atoms with Gasteiger partial charge in [-0.15, -0.1) is 0 Å². The highest BCUT2D eigenvalue weighted by atomic mass is 32.1. The first-order valence-electron chi connectivity index (χ1n) is 6.95. The van der Waals surface area contributed by atoms with Crippen LogP contribution in [0.3, 0.4) is 0 Å². The number of para-hydroxylation sites is 1. The predicted octanol–water partition coefficient (Wildman–Crippen LogP) is 4.24. The summed E-state index contributed by atoms with van der Waals surface area (Å²) in [5.41, 5.74) is 10.4. The summed E-state index contributed by atoms with van der Waals surface area (Å²) in [6, 6.07) is 16.8. The standard InChI is InChI=1S/C17H15N3S/c1-11(18)12-6-8-13(9-7-12)14-10-20-15-4-2-3-5-16(15)21-17(20)19-14/h2-11H,18H2,1H3. The lowest BCUT2D eigenvalue weighted by Gasteiger charge is -2.05. The van der Waals surface area contributed by atoms with E-state index in [0.717, 1.165) is 21.8 Å². The molecule has 21 heavy (non-hydrogen) atoms. The SMILES string of the molecule is CC(N)c1ccc(-c2cn3c(n2)sc2ccccc23)cc1.